The van der Waals surface area contributed by atoms with Crippen LogP contribution in [0.25, 0.3) is 11.0 Å². The predicted octanol–water partition coefficient (Wildman–Crippen LogP) is 1.37. The standard InChI is InChI=1S/C25H29FN4O6S/c26-19-6-4-17(5-7-19)14-18-15-20-22(28-16-18)23(32)21(24(33)27-8-12-31)25(34)30(20)11-3-13-37(35,36)29-9-1-2-10-29/h4-7,15-16,31-32H,1-3,8-14H2,(H,27,33). The zero-order valence-corrected chi connectivity index (χ0v) is 21.0. The highest BCUT2D eigenvalue weighted by Crippen LogP contribution is 2.26. The molecule has 0 unspecified atom stereocenters. The van der Waals surface area contributed by atoms with Gasteiger partial charge in [-0.25, -0.2) is 17.1 Å². The summed E-state index contributed by atoms with van der Waals surface area (Å²) < 4.78 is 41.3. The minimum Gasteiger partial charge on any atom is -0.505 e. The molecule has 10 nitrogen and oxygen atoms in total. The second-order valence-corrected chi connectivity index (χ2v) is 11.0. The van der Waals surface area contributed by atoms with E-state index in [1.54, 1.807) is 18.2 Å². The number of rotatable bonds is 10. The van der Waals surface area contributed by atoms with Crippen molar-refractivity contribution < 1.29 is 27.8 Å². The molecule has 4 rings (SSSR count). The fraction of sp³-hybridized carbons (Fsp3) is 0.400. The molecule has 1 saturated heterocycles. The van der Waals surface area contributed by atoms with Gasteiger partial charge in [0.25, 0.3) is 11.5 Å². The maximum absolute atomic E-state index is 13.4. The van der Waals surface area contributed by atoms with Crippen LogP contribution in [0.2, 0.25) is 0 Å². The van der Waals surface area contributed by atoms with Gasteiger partial charge < -0.3 is 20.1 Å². The lowest BCUT2D eigenvalue weighted by atomic mass is 10.1. The number of nitrogens with zero attached hydrogens (tertiary/aromatic N) is 3. The fourth-order valence-electron chi connectivity index (χ4n) is 4.47. The highest BCUT2D eigenvalue weighted by atomic mass is 32.2. The quantitative estimate of drug-likeness (QED) is 0.358. The number of carbonyl (C=O) groups is 1. The van der Waals surface area contributed by atoms with E-state index < -0.39 is 32.8 Å². The zero-order chi connectivity index (χ0) is 26.6. The average Bonchev–Trinajstić information content (AvgIpc) is 3.42. The Kier molecular flexibility index (Phi) is 8.20. The van der Waals surface area contributed by atoms with Crippen molar-refractivity contribution in [3.63, 3.8) is 0 Å². The summed E-state index contributed by atoms with van der Waals surface area (Å²) >= 11 is 0. The molecule has 3 heterocycles. The highest BCUT2D eigenvalue weighted by molar-refractivity contribution is 7.89. The first-order chi connectivity index (χ1) is 17.7. The number of aromatic nitrogens is 2. The Labute approximate surface area is 213 Å². The monoisotopic (exact) mass is 532 g/mol. The van der Waals surface area contributed by atoms with E-state index >= 15 is 0 Å². The number of aliphatic hydroxyl groups is 1. The van der Waals surface area contributed by atoms with Gasteiger partial charge >= 0.3 is 0 Å². The van der Waals surface area contributed by atoms with Crippen LogP contribution in [0.4, 0.5) is 4.39 Å². The second kappa shape index (κ2) is 11.4. The van der Waals surface area contributed by atoms with E-state index in [-0.39, 0.29) is 48.7 Å². The molecule has 12 heteroatoms. The normalized spacial score (nSPS) is 14.3. The first-order valence-corrected chi connectivity index (χ1v) is 13.7. The van der Waals surface area contributed by atoms with Crippen molar-refractivity contribution in [3.8, 4) is 5.75 Å². The van der Waals surface area contributed by atoms with Gasteiger partial charge in [-0.15, -0.1) is 0 Å². The van der Waals surface area contributed by atoms with E-state index in [2.05, 4.69) is 10.3 Å². The molecule has 198 valence electrons. The number of aliphatic hydroxyl groups excluding tert-OH is 1. The molecule has 3 aromatic rings. The molecule has 1 fully saturated rings. The number of benzene rings is 1. The largest absolute Gasteiger partial charge is 0.505 e. The molecule has 1 aromatic carbocycles. The van der Waals surface area contributed by atoms with Gasteiger partial charge in [0.2, 0.25) is 10.0 Å². The Morgan fingerprint density at radius 1 is 1.14 bits per heavy atom. The molecule has 0 atom stereocenters. The van der Waals surface area contributed by atoms with Gasteiger partial charge in [-0.1, -0.05) is 12.1 Å². The van der Waals surface area contributed by atoms with Gasteiger partial charge in [-0.05, 0) is 55.0 Å². The van der Waals surface area contributed by atoms with Crippen molar-refractivity contribution in [3.05, 3.63) is 69.4 Å². The van der Waals surface area contributed by atoms with Crippen molar-refractivity contribution in [2.24, 2.45) is 0 Å². The Hall–Kier alpha value is -3.35. The van der Waals surface area contributed by atoms with E-state index in [9.17, 15) is 27.5 Å². The highest BCUT2D eigenvalue weighted by Gasteiger charge is 2.26. The van der Waals surface area contributed by atoms with Gasteiger partial charge in [0, 0.05) is 32.4 Å². The smallest absolute Gasteiger partial charge is 0.267 e. The maximum atomic E-state index is 13.4. The number of hydrogen-bond acceptors (Lipinski definition) is 7. The molecule has 0 bridgehead atoms. The topological polar surface area (TPSA) is 142 Å². The second-order valence-electron chi connectivity index (χ2n) is 8.95. The number of aryl methyl sites for hydroxylation is 1. The summed E-state index contributed by atoms with van der Waals surface area (Å²) in [5, 5.41) is 22.2. The number of hydrogen-bond donors (Lipinski definition) is 3. The first-order valence-electron chi connectivity index (χ1n) is 12.1. The van der Waals surface area contributed by atoms with Gasteiger partial charge in [0.15, 0.2) is 5.75 Å². The molecule has 0 spiro atoms. The summed E-state index contributed by atoms with van der Waals surface area (Å²) in [5.74, 6) is -2.00. The van der Waals surface area contributed by atoms with Crippen LogP contribution in [0.15, 0.2) is 41.3 Å². The van der Waals surface area contributed by atoms with Crippen molar-refractivity contribution in [2.45, 2.75) is 32.2 Å². The lowest BCUT2D eigenvalue weighted by Gasteiger charge is -2.17. The molecular weight excluding hydrogens is 503 g/mol. The summed E-state index contributed by atoms with van der Waals surface area (Å²) in [7, 11) is -3.48. The molecule has 1 amide bonds. The predicted molar refractivity (Wildman–Crippen MR) is 136 cm³/mol. The van der Waals surface area contributed by atoms with E-state index in [0.717, 1.165) is 18.4 Å². The van der Waals surface area contributed by atoms with Gasteiger partial charge in [0.1, 0.15) is 16.9 Å². The Bertz CT molecular complexity index is 1450. The number of carbonyl (C=O) groups excluding carboxylic acids is 1. The van der Waals surface area contributed by atoms with Crippen LogP contribution in [0.1, 0.15) is 40.7 Å². The number of nitrogens with one attached hydrogen (secondary N) is 1. The molecule has 0 saturated carbocycles. The van der Waals surface area contributed by atoms with Crippen LogP contribution in [0.3, 0.4) is 0 Å². The molecule has 2 aromatic heterocycles. The minimum absolute atomic E-state index is 0.0130. The molecule has 0 radical (unpaired) electrons. The first kappa shape index (κ1) is 26.7. The molecule has 0 aliphatic carbocycles. The van der Waals surface area contributed by atoms with Crippen LogP contribution >= 0.6 is 0 Å². The third-order valence-corrected chi connectivity index (χ3v) is 8.28. The number of pyridine rings is 2. The third kappa shape index (κ3) is 5.97. The summed E-state index contributed by atoms with van der Waals surface area (Å²) in [6.45, 7) is 0.471. The lowest BCUT2D eigenvalue weighted by molar-refractivity contribution is 0.0940. The van der Waals surface area contributed by atoms with Crippen LogP contribution in [-0.4, -0.2) is 70.4 Å². The molecule has 1 aliphatic rings. The van der Waals surface area contributed by atoms with Crippen LogP contribution < -0.4 is 10.9 Å². The van der Waals surface area contributed by atoms with Crippen LogP contribution in [-0.2, 0) is 23.0 Å². The van der Waals surface area contributed by atoms with E-state index in [4.69, 9.17) is 5.11 Å². The third-order valence-electron chi connectivity index (χ3n) is 6.32. The lowest BCUT2D eigenvalue weighted by Crippen LogP contribution is -2.35. The Morgan fingerprint density at radius 3 is 2.51 bits per heavy atom. The minimum atomic E-state index is -3.48. The number of halogens is 1. The van der Waals surface area contributed by atoms with E-state index in [0.29, 0.717) is 25.1 Å². The SMILES string of the molecule is O=C(NCCO)c1c(O)c2ncc(Cc3ccc(F)cc3)cc2n(CCCS(=O)(=O)N2CCCC2)c1=O. The van der Waals surface area contributed by atoms with E-state index in [1.807, 2.05) is 0 Å². The fourth-order valence-corrected chi connectivity index (χ4v) is 6.03. The summed E-state index contributed by atoms with van der Waals surface area (Å²) in [5.41, 5.74) is 0.423. The number of amides is 1. The summed E-state index contributed by atoms with van der Waals surface area (Å²) in [6, 6.07) is 7.58. The number of fused-ring (bicyclic) bond motifs is 1. The Morgan fingerprint density at radius 2 is 1.84 bits per heavy atom. The van der Waals surface area contributed by atoms with Crippen LogP contribution in [0, 0.1) is 5.82 Å². The van der Waals surface area contributed by atoms with Gasteiger partial charge in [-0.2, -0.15) is 0 Å². The molecular formula is C25H29FN4O6S. The van der Waals surface area contributed by atoms with Crippen molar-refractivity contribution in [2.75, 3.05) is 32.0 Å². The Balaban J connectivity index is 1.72. The van der Waals surface area contributed by atoms with Crippen molar-refractivity contribution >= 4 is 27.0 Å². The average molecular weight is 533 g/mol. The maximum Gasteiger partial charge on any atom is 0.267 e. The van der Waals surface area contributed by atoms with Gasteiger partial charge in [0.05, 0.1) is 17.9 Å². The van der Waals surface area contributed by atoms with Crippen molar-refractivity contribution in [1.29, 1.82) is 0 Å². The molecule has 37 heavy (non-hydrogen) atoms. The van der Waals surface area contributed by atoms with E-state index in [1.165, 1.54) is 27.2 Å². The molecule has 3 N–H and O–H groups in total. The molecule has 1 aliphatic heterocycles. The number of aromatic hydroxyl groups is 1. The van der Waals surface area contributed by atoms with Gasteiger partial charge in [-0.3, -0.25) is 14.6 Å². The van der Waals surface area contributed by atoms with Crippen LogP contribution in [0.5, 0.6) is 5.75 Å². The van der Waals surface area contributed by atoms with Crippen molar-refractivity contribution in [1.82, 2.24) is 19.2 Å². The summed E-state index contributed by atoms with van der Waals surface area (Å²) in [4.78, 5) is 30.3. The summed E-state index contributed by atoms with van der Waals surface area (Å²) in [6.07, 6.45) is 3.61. The number of sulfonamides is 1. The zero-order valence-electron chi connectivity index (χ0n) is 20.2.